The van der Waals surface area contributed by atoms with E-state index in [0.717, 1.165) is 39.4 Å². The highest BCUT2D eigenvalue weighted by molar-refractivity contribution is 6.10. The summed E-state index contributed by atoms with van der Waals surface area (Å²) in [6.45, 7) is 6.70. The molecule has 1 aliphatic rings. The Hall–Kier alpha value is -4.27. The molecule has 1 unspecified atom stereocenters. The molecule has 3 aromatic carbocycles. The molecule has 0 saturated carbocycles. The molecule has 1 aliphatic heterocycles. The maximum Gasteiger partial charge on any atom is 0.251 e. The first-order chi connectivity index (χ1) is 18.9. The van der Waals surface area contributed by atoms with Crippen LogP contribution in [0.15, 0.2) is 83.3 Å². The highest BCUT2D eigenvalue weighted by Gasteiger charge is 2.34. The van der Waals surface area contributed by atoms with E-state index in [1.807, 2.05) is 97.6 Å². The van der Waals surface area contributed by atoms with Gasteiger partial charge in [0.05, 0.1) is 6.54 Å². The van der Waals surface area contributed by atoms with Crippen LogP contribution >= 0.6 is 0 Å². The molecule has 2 amide bonds. The third-order valence-electron chi connectivity index (χ3n) is 7.13. The Morgan fingerprint density at radius 1 is 0.872 bits per heavy atom. The number of aromatic nitrogens is 1. The van der Waals surface area contributed by atoms with Crippen LogP contribution < -0.4 is 11.1 Å². The minimum Gasteiger partial charge on any atom is -0.439 e. The predicted octanol–water partition coefficient (Wildman–Crippen LogP) is 4.24. The number of nitrogens with two attached hydrogens (primary N) is 1. The van der Waals surface area contributed by atoms with Crippen molar-refractivity contribution in [2.24, 2.45) is 5.73 Å². The number of hydrogen-bond donors (Lipinski definition) is 2. The van der Waals surface area contributed by atoms with E-state index in [1.165, 1.54) is 0 Å². The summed E-state index contributed by atoms with van der Waals surface area (Å²) in [5, 5.41) is 2.93. The number of carbonyl (C=O) groups excluding carboxylic acids is 2. The lowest BCUT2D eigenvalue weighted by Gasteiger charge is -2.37. The SMILES string of the molecule is Cc1cccc(C)c1NC(=O)C(C(N)=O)N1CCN(Cc2nc(-c3ccccc3)c(-c3ccccc3)o2)CC1. The number of benzene rings is 3. The Bertz CT molecular complexity index is 1370. The van der Waals surface area contributed by atoms with Gasteiger partial charge >= 0.3 is 0 Å². The molecule has 39 heavy (non-hydrogen) atoms. The number of amides is 2. The number of nitrogens with zero attached hydrogens (tertiary/aromatic N) is 3. The molecular formula is C31H33N5O3. The van der Waals surface area contributed by atoms with Gasteiger partial charge in [0.25, 0.3) is 5.91 Å². The van der Waals surface area contributed by atoms with Crippen molar-refractivity contribution in [3.05, 3.63) is 95.9 Å². The van der Waals surface area contributed by atoms with Crippen molar-refractivity contribution in [3.63, 3.8) is 0 Å². The predicted molar refractivity (Wildman–Crippen MR) is 152 cm³/mol. The van der Waals surface area contributed by atoms with Crippen LogP contribution in [0.5, 0.6) is 0 Å². The Morgan fingerprint density at radius 3 is 2.05 bits per heavy atom. The third kappa shape index (κ3) is 5.92. The van der Waals surface area contributed by atoms with Crippen LogP contribution in [-0.4, -0.2) is 58.8 Å². The first kappa shape index (κ1) is 26.3. The number of oxazole rings is 1. The summed E-state index contributed by atoms with van der Waals surface area (Å²) < 4.78 is 6.29. The number of primary amides is 1. The van der Waals surface area contributed by atoms with E-state index >= 15 is 0 Å². The maximum absolute atomic E-state index is 13.1. The fraction of sp³-hybridized carbons (Fsp3) is 0.258. The lowest BCUT2D eigenvalue weighted by atomic mass is 10.1. The summed E-state index contributed by atoms with van der Waals surface area (Å²) in [4.78, 5) is 34.4. The molecule has 0 spiro atoms. The molecule has 1 atom stereocenters. The minimum absolute atomic E-state index is 0.402. The molecule has 2 heterocycles. The molecule has 1 fully saturated rings. The highest BCUT2D eigenvalue weighted by atomic mass is 16.4. The van der Waals surface area contributed by atoms with Gasteiger partial charge in [-0.1, -0.05) is 78.9 Å². The molecule has 1 saturated heterocycles. The maximum atomic E-state index is 13.1. The van der Waals surface area contributed by atoms with Crippen molar-refractivity contribution in [2.45, 2.75) is 26.4 Å². The van der Waals surface area contributed by atoms with Gasteiger partial charge in [-0.25, -0.2) is 4.98 Å². The fourth-order valence-corrected chi connectivity index (χ4v) is 5.06. The summed E-state index contributed by atoms with van der Waals surface area (Å²) in [5.74, 6) is 0.314. The van der Waals surface area contributed by atoms with E-state index in [1.54, 1.807) is 0 Å². The molecule has 1 aromatic heterocycles. The van der Waals surface area contributed by atoms with Crippen LogP contribution in [0.25, 0.3) is 22.6 Å². The second-order valence-electron chi connectivity index (χ2n) is 9.89. The topological polar surface area (TPSA) is 105 Å². The number of para-hydroxylation sites is 1. The smallest absolute Gasteiger partial charge is 0.251 e. The molecular weight excluding hydrogens is 490 g/mol. The second-order valence-corrected chi connectivity index (χ2v) is 9.89. The van der Waals surface area contributed by atoms with Gasteiger partial charge in [0.15, 0.2) is 11.8 Å². The number of anilines is 1. The fourth-order valence-electron chi connectivity index (χ4n) is 5.06. The molecule has 5 rings (SSSR count). The normalized spacial score (nSPS) is 15.1. The zero-order chi connectivity index (χ0) is 27.4. The summed E-state index contributed by atoms with van der Waals surface area (Å²) >= 11 is 0. The molecule has 0 bridgehead atoms. The Kier molecular flexibility index (Phi) is 7.86. The summed E-state index contributed by atoms with van der Waals surface area (Å²) in [6.07, 6.45) is 0. The van der Waals surface area contributed by atoms with Gasteiger partial charge in [-0.2, -0.15) is 0 Å². The monoisotopic (exact) mass is 523 g/mol. The highest BCUT2D eigenvalue weighted by Crippen LogP contribution is 2.33. The Morgan fingerprint density at radius 2 is 1.46 bits per heavy atom. The van der Waals surface area contributed by atoms with Crippen molar-refractivity contribution >= 4 is 17.5 Å². The van der Waals surface area contributed by atoms with Gasteiger partial charge in [-0.15, -0.1) is 0 Å². The van der Waals surface area contributed by atoms with E-state index in [9.17, 15) is 9.59 Å². The third-order valence-corrected chi connectivity index (χ3v) is 7.13. The summed E-state index contributed by atoms with van der Waals surface area (Å²) in [6, 6.07) is 24.7. The number of nitrogens with one attached hydrogen (secondary N) is 1. The van der Waals surface area contributed by atoms with Gasteiger partial charge in [0.2, 0.25) is 11.8 Å². The van der Waals surface area contributed by atoms with Crippen molar-refractivity contribution in [1.82, 2.24) is 14.8 Å². The molecule has 0 aliphatic carbocycles. The van der Waals surface area contributed by atoms with Gasteiger partial charge in [0.1, 0.15) is 5.69 Å². The van der Waals surface area contributed by atoms with E-state index in [-0.39, 0.29) is 0 Å². The van der Waals surface area contributed by atoms with Gasteiger partial charge < -0.3 is 15.5 Å². The van der Waals surface area contributed by atoms with E-state index < -0.39 is 17.9 Å². The van der Waals surface area contributed by atoms with Crippen molar-refractivity contribution in [2.75, 3.05) is 31.5 Å². The first-order valence-electron chi connectivity index (χ1n) is 13.1. The average Bonchev–Trinajstić information content (AvgIpc) is 3.36. The molecule has 8 nitrogen and oxygen atoms in total. The van der Waals surface area contributed by atoms with E-state index in [0.29, 0.717) is 38.6 Å². The van der Waals surface area contributed by atoms with Crippen LogP contribution in [0.2, 0.25) is 0 Å². The van der Waals surface area contributed by atoms with Crippen LogP contribution in [0, 0.1) is 13.8 Å². The molecule has 3 N–H and O–H groups in total. The lowest BCUT2D eigenvalue weighted by molar-refractivity contribution is -0.133. The van der Waals surface area contributed by atoms with Crippen molar-refractivity contribution < 1.29 is 14.0 Å². The number of rotatable bonds is 8. The summed E-state index contributed by atoms with van der Waals surface area (Å²) in [7, 11) is 0. The van der Waals surface area contributed by atoms with Crippen molar-refractivity contribution in [1.29, 1.82) is 0 Å². The first-order valence-corrected chi connectivity index (χ1v) is 13.1. The Labute approximate surface area is 228 Å². The van der Waals surface area contributed by atoms with E-state index in [4.69, 9.17) is 15.1 Å². The largest absolute Gasteiger partial charge is 0.439 e. The quantitative estimate of drug-likeness (QED) is 0.335. The van der Waals surface area contributed by atoms with Crippen LogP contribution in [0.3, 0.4) is 0 Å². The number of piperazine rings is 1. The van der Waals surface area contributed by atoms with Crippen LogP contribution in [0.4, 0.5) is 5.69 Å². The second kappa shape index (κ2) is 11.6. The van der Waals surface area contributed by atoms with E-state index in [2.05, 4.69) is 10.2 Å². The Balaban J connectivity index is 1.28. The van der Waals surface area contributed by atoms with Crippen LogP contribution in [-0.2, 0) is 16.1 Å². The number of aryl methyl sites for hydroxylation is 2. The molecule has 4 aromatic rings. The lowest BCUT2D eigenvalue weighted by Crippen LogP contribution is -2.58. The number of carbonyl (C=O) groups is 2. The molecule has 200 valence electrons. The number of hydrogen-bond acceptors (Lipinski definition) is 6. The van der Waals surface area contributed by atoms with Gasteiger partial charge in [-0.3, -0.25) is 19.4 Å². The molecule has 8 heteroatoms. The van der Waals surface area contributed by atoms with Crippen molar-refractivity contribution in [3.8, 4) is 22.6 Å². The summed E-state index contributed by atoms with van der Waals surface area (Å²) in [5.41, 5.74) is 11.1. The standard InChI is InChI=1S/C31H33N5O3/c1-21-10-9-11-22(2)26(21)34-31(38)28(30(32)37)36-18-16-35(17-19-36)20-25-33-27(23-12-5-3-6-13-23)29(39-25)24-14-7-4-8-15-24/h3-15,28H,16-20H2,1-2H3,(H2,32,37)(H,34,38). The zero-order valence-corrected chi connectivity index (χ0v) is 22.3. The molecule has 0 radical (unpaired) electrons. The van der Waals surface area contributed by atoms with Crippen LogP contribution in [0.1, 0.15) is 17.0 Å². The van der Waals surface area contributed by atoms with Gasteiger partial charge in [0, 0.05) is 43.0 Å². The zero-order valence-electron chi connectivity index (χ0n) is 22.3. The minimum atomic E-state index is -1.04. The average molecular weight is 524 g/mol. The van der Waals surface area contributed by atoms with Gasteiger partial charge in [-0.05, 0) is 25.0 Å².